The summed E-state index contributed by atoms with van der Waals surface area (Å²) in [7, 11) is 4.70. The van der Waals surface area contributed by atoms with E-state index in [0.29, 0.717) is 17.2 Å². The first-order valence-electron chi connectivity index (χ1n) is 6.70. The normalized spacial score (nSPS) is 10.0. The summed E-state index contributed by atoms with van der Waals surface area (Å²) < 4.78 is 16.6. The number of nitrogens with one attached hydrogen (secondary N) is 1. The number of anilines is 1. The summed E-state index contributed by atoms with van der Waals surface area (Å²) in [5, 5.41) is 6.46. The van der Waals surface area contributed by atoms with Crippen LogP contribution in [0.1, 0.15) is 10.4 Å². The van der Waals surface area contributed by atoms with Gasteiger partial charge < -0.3 is 19.5 Å². The highest BCUT2D eigenvalue weighted by Crippen LogP contribution is 2.25. The lowest BCUT2D eigenvalue weighted by atomic mass is 10.2. The van der Waals surface area contributed by atoms with Gasteiger partial charge in [0.25, 0.3) is 5.91 Å². The number of hydrogen-bond acceptors (Lipinski definition) is 6. The Hall–Kier alpha value is -3.03. The summed E-state index contributed by atoms with van der Waals surface area (Å²) >= 11 is 0. The van der Waals surface area contributed by atoms with Gasteiger partial charge in [0.1, 0.15) is 11.5 Å². The van der Waals surface area contributed by atoms with Gasteiger partial charge in [0.2, 0.25) is 0 Å². The van der Waals surface area contributed by atoms with Crippen LogP contribution in [-0.4, -0.2) is 42.5 Å². The van der Waals surface area contributed by atoms with Crippen molar-refractivity contribution in [2.24, 2.45) is 7.05 Å². The summed E-state index contributed by atoms with van der Waals surface area (Å²) in [5.74, 6) is -0.0203. The van der Waals surface area contributed by atoms with Gasteiger partial charge in [-0.05, 0) is 0 Å². The fourth-order valence-corrected chi connectivity index (χ4v) is 1.82. The monoisotopic (exact) mass is 319 g/mol. The zero-order valence-corrected chi connectivity index (χ0v) is 13.0. The Morgan fingerprint density at radius 2 is 1.83 bits per heavy atom. The Morgan fingerprint density at radius 3 is 2.35 bits per heavy atom. The van der Waals surface area contributed by atoms with Crippen molar-refractivity contribution in [3.8, 4) is 11.5 Å². The van der Waals surface area contributed by atoms with Crippen LogP contribution < -0.4 is 14.8 Å². The minimum Gasteiger partial charge on any atom is -0.497 e. The molecular formula is C15H17N3O5. The number of ether oxygens (including phenoxy) is 3. The number of hydrogen-bond donors (Lipinski definition) is 1. The molecule has 0 spiro atoms. The molecule has 0 unspecified atom stereocenters. The van der Waals surface area contributed by atoms with Crippen LogP contribution in [0.2, 0.25) is 0 Å². The molecule has 1 aromatic carbocycles. The molecule has 0 fully saturated rings. The lowest BCUT2D eigenvalue weighted by Crippen LogP contribution is -2.20. The first-order chi connectivity index (χ1) is 11.0. The van der Waals surface area contributed by atoms with Gasteiger partial charge in [-0.1, -0.05) is 0 Å². The van der Waals surface area contributed by atoms with Crippen LogP contribution in [-0.2, 0) is 16.6 Å². The van der Waals surface area contributed by atoms with Gasteiger partial charge in [0.05, 0.1) is 26.0 Å². The molecule has 8 nitrogen and oxygen atoms in total. The molecule has 122 valence electrons. The fraction of sp³-hybridized carbons (Fsp3) is 0.267. The molecule has 0 aliphatic carbocycles. The van der Waals surface area contributed by atoms with E-state index < -0.39 is 18.5 Å². The van der Waals surface area contributed by atoms with Crippen molar-refractivity contribution in [1.29, 1.82) is 0 Å². The molecule has 0 aliphatic heterocycles. The molecule has 23 heavy (non-hydrogen) atoms. The molecule has 0 bridgehead atoms. The molecule has 1 aromatic heterocycles. The summed E-state index contributed by atoms with van der Waals surface area (Å²) in [6.45, 7) is -0.409. The number of carbonyl (C=O) groups excluding carboxylic acids is 2. The predicted molar refractivity (Wildman–Crippen MR) is 81.7 cm³/mol. The van der Waals surface area contributed by atoms with E-state index in [1.807, 2.05) is 0 Å². The first-order valence-corrected chi connectivity index (χ1v) is 6.70. The Balaban J connectivity index is 1.93. The largest absolute Gasteiger partial charge is 0.497 e. The van der Waals surface area contributed by atoms with Crippen LogP contribution in [0.25, 0.3) is 0 Å². The van der Waals surface area contributed by atoms with E-state index in [1.165, 1.54) is 31.3 Å². The van der Waals surface area contributed by atoms with Gasteiger partial charge in [0.15, 0.2) is 6.61 Å². The van der Waals surface area contributed by atoms with Crippen molar-refractivity contribution in [3.05, 3.63) is 36.2 Å². The Kier molecular flexibility index (Phi) is 5.19. The van der Waals surface area contributed by atoms with Gasteiger partial charge in [-0.3, -0.25) is 9.48 Å². The van der Waals surface area contributed by atoms with Gasteiger partial charge in [-0.15, -0.1) is 0 Å². The van der Waals surface area contributed by atoms with E-state index in [4.69, 9.17) is 14.2 Å². The van der Waals surface area contributed by atoms with E-state index in [0.717, 1.165) is 0 Å². The zero-order chi connectivity index (χ0) is 16.8. The van der Waals surface area contributed by atoms with Gasteiger partial charge >= 0.3 is 5.97 Å². The third kappa shape index (κ3) is 4.47. The van der Waals surface area contributed by atoms with Crippen molar-refractivity contribution in [3.63, 3.8) is 0 Å². The molecule has 2 aromatic rings. The Bertz CT molecular complexity index is 689. The average Bonchev–Trinajstić information content (AvgIpc) is 2.98. The Morgan fingerprint density at radius 1 is 1.17 bits per heavy atom. The molecule has 1 heterocycles. The third-order valence-electron chi connectivity index (χ3n) is 2.91. The van der Waals surface area contributed by atoms with Gasteiger partial charge in [-0.25, -0.2) is 4.79 Å². The topological polar surface area (TPSA) is 91.7 Å². The van der Waals surface area contributed by atoms with E-state index in [-0.39, 0.29) is 5.56 Å². The molecule has 0 atom stereocenters. The van der Waals surface area contributed by atoms with Crippen LogP contribution in [0.5, 0.6) is 11.5 Å². The number of carbonyl (C=O) groups is 2. The second-order valence-electron chi connectivity index (χ2n) is 4.63. The van der Waals surface area contributed by atoms with Crippen LogP contribution >= 0.6 is 0 Å². The van der Waals surface area contributed by atoms with Crippen LogP contribution in [0.3, 0.4) is 0 Å². The molecule has 0 aliphatic rings. The Labute approximate surface area is 132 Å². The van der Waals surface area contributed by atoms with Crippen molar-refractivity contribution < 1.29 is 23.8 Å². The van der Waals surface area contributed by atoms with Gasteiger partial charge in [0, 0.05) is 37.1 Å². The smallest absolute Gasteiger partial charge is 0.341 e. The number of amides is 1. The highest BCUT2D eigenvalue weighted by Gasteiger charge is 2.12. The van der Waals surface area contributed by atoms with Gasteiger partial charge in [-0.2, -0.15) is 5.10 Å². The fourth-order valence-electron chi connectivity index (χ4n) is 1.82. The third-order valence-corrected chi connectivity index (χ3v) is 2.91. The maximum Gasteiger partial charge on any atom is 0.341 e. The van der Waals surface area contributed by atoms with E-state index in [9.17, 15) is 9.59 Å². The predicted octanol–water partition coefficient (Wildman–Crippen LogP) is 1.23. The number of aryl methyl sites for hydroxylation is 1. The first kappa shape index (κ1) is 16.3. The van der Waals surface area contributed by atoms with E-state index >= 15 is 0 Å². The van der Waals surface area contributed by atoms with Crippen molar-refractivity contribution in [2.45, 2.75) is 0 Å². The standard InChI is InChI=1S/C15H17N3O5/c1-18-8-10(7-16-18)15(20)23-9-14(19)17-11-4-12(21-2)6-13(5-11)22-3/h4-8H,9H2,1-3H3,(H,17,19). The number of benzene rings is 1. The van der Waals surface area contributed by atoms with E-state index in [2.05, 4.69) is 10.4 Å². The zero-order valence-electron chi connectivity index (χ0n) is 13.0. The van der Waals surface area contributed by atoms with Crippen LogP contribution in [0.4, 0.5) is 5.69 Å². The number of nitrogens with zero attached hydrogens (tertiary/aromatic N) is 2. The lowest BCUT2D eigenvalue weighted by molar-refractivity contribution is -0.119. The summed E-state index contributed by atoms with van der Waals surface area (Å²) in [5.41, 5.74) is 0.756. The molecule has 2 rings (SSSR count). The second-order valence-corrected chi connectivity index (χ2v) is 4.63. The van der Waals surface area contributed by atoms with Crippen LogP contribution in [0.15, 0.2) is 30.6 Å². The number of rotatable bonds is 6. The van der Waals surface area contributed by atoms with Crippen molar-refractivity contribution in [2.75, 3.05) is 26.1 Å². The minimum absolute atomic E-state index is 0.281. The molecule has 8 heteroatoms. The molecule has 0 saturated heterocycles. The summed E-state index contributed by atoms with van der Waals surface area (Å²) in [4.78, 5) is 23.6. The molecule has 0 saturated carbocycles. The SMILES string of the molecule is COc1cc(NC(=O)COC(=O)c2cnn(C)c2)cc(OC)c1. The minimum atomic E-state index is -0.614. The summed E-state index contributed by atoms with van der Waals surface area (Å²) in [6.07, 6.45) is 2.88. The second kappa shape index (κ2) is 7.30. The number of esters is 1. The maximum absolute atomic E-state index is 11.9. The lowest BCUT2D eigenvalue weighted by Gasteiger charge is -2.10. The molecular weight excluding hydrogens is 302 g/mol. The highest BCUT2D eigenvalue weighted by atomic mass is 16.5. The highest BCUT2D eigenvalue weighted by molar-refractivity contribution is 5.95. The maximum atomic E-state index is 11.9. The number of methoxy groups -OCH3 is 2. The molecule has 1 N–H and O–H groups in total. The summed E-state index contributed by atoms with van der Waals surface area (Å²) in [6, 6.07) is 4.94. The van der Waals surface area contributed by atoms with Crippen molar-refractivity contribution >= 4 is 17.6 Å². The number of aromatic nitrogens is 2. The van der Waals surface area contributed by atoms with Crippen LogP contribution in [0, 0.1) is 0 Å². The molecule has 1 amide bonds. The van der Waals surface area contributed by atoms with E-state index in [1.54, 1.807) is 25.2 Å². The average molecular weight is 319 g/mol. The molecule has 0 radical (unpaired) electrons. The quantitative estimate of drug-likeness (QED) is 0.805. The van der Waals surface area contributed by atoms with Crippen molar-refractivity contribution in [1.82, 2.24) is 9.78 Å².